The molecule has 1 nitrogen and oxygen atoms in total. The number of nitrogens with one attached hydrogen (secondary N) is 1. The highest BCUT2D eigenvalue weighted by molar-refractivity contribution is 7.07. The van der Waals surface area contributed by atoms with Crippen molar-refractivity contribution in [3.63, 3.8) is 0 Å². The van der Waals surface area contributed by atoms with Crippen LogP contribution in [-0.4, -0.2) is 6.04 Å². The summed E-state index contributed by atoms with van der Waals surface area (Å²) in [6.07, 6.45) is 0.350. The fourth-order valence-corrected chi connectivity index (χ4v) is 2.46. The van der Waals surface area contributed by atoms with Gasteiger partial charge in [0.2, 0.25) is 0 Å². The number of hydrogen-bond donors (Lipinski definition) is 1. The Morgan fingerprint density at radius 2 is 1.94 bits per heavy atom. The standard InChI is InChI=1S/C14H15F2NS/c1-10(17-8-11-5-6-18-9-11)7-12-13(15)3-2-4-14(12)16/h2-6,9-10,17H,7-8H2,1H3. The zero-order valence-corrected chi connectivity index (χ0v) is 10.9. The predicted octanol–water partition coefficient (Wildman–Crippen LogP) is 3.75. The molecule has 2 rings (SSSR count). The van der Waals surface area contributed by atoms with E-state index in [1.807, 2.05) is 18.4 Å². The molecule has 0 aliphatic heterocycles. The molecule has 0 radical (unpaired) electrons. The molecular formula is C14H15F2NS. The Bertz CT molecular complexity index is 476. The third-order valence-corrected chi connectivity index (χ3v) is 3.54. The Morgan fingerprint density at radius 3 is 2.56 bits per heavy atom. The van der Waals surface area contributed by atoms with Crippen molar-refractivity contribution in [1.29, 1.82) is 0 Å². The molecule has 0 aliphatic rings. The SMILES string of the molecule is CC(Cc1c(F)cccc1F)NCc1ccsc1. The summed E-state index contributed by atoms with van der Waals surface area (Å²) >= 11 is 1.64. The molecule has 0 aliphatic carbocycles. The second-order valence-corrected chi connectivity index (χ2v) is 5.10. The molecule has 96 valence electrons. The normalized spacial score (nSPS) is 12.6. The van der Waals surface area contributed by atoms with Crippen molar-refractivity contribution in [3.05, 3.63) is 57.8 Å². The van der Waals surface area contributed by atoms with Crippen molar-refractivity contribution in [2.24, 2.45) is 0 Å². The minimum absolute atomic E-state index is 0.0244. The van der Waals surface area contributed by atoms with E-state index < -0.39 is 11.6 Å². The molecule has 1 aromatic carbocycles. The largest absolute Gasteiger partial charge is 0.310 e. The van der Waals surface area contributed by atoms with E-state index in [4.69, 9.17) is 0 Å². The van der Waals surface area contributed by atoms with E-state index in [0.717, 1.165) is 6.54 Å². The maximum atomic E-state index is 13.5. The maximum absolute atomic E-state index is 13.5. The number of rotatable bonds is 5. The van der Waals surface area contributed by atoms with E-state index in [9.17, 15) is 8.78 Å². The summed E-state index contributed by atoms with van der Waals surface area (Å²) in [6, 6.07) is 6.04. The van der Waals surface area contributed by atoms with E-state index >= 15 is 0 Å². The lowest BCUT2D eigenvalue weighted by atomic mass is 10.1. The van der Waals surface area contributed by atoms with Crippen molar-refractivity contribution < 1.29 is 8.78 Å². The molecule has 4 heteroatoms. The van der Waals surface area contributed by atoms with Crippen molar-refractivity contribution in [2.75, 3.05) is 0 Å². The molecule has 1 aromatic heterocycles. The van der Waals surface area contributed by atoms with Crippen molar-refractivity contribution in [3.8, 4) is 0 Å². The second kappa shape index (κ2) is 6.07. The van der Waals surface area contributed by atoms with Gasteiger partial charge in [0, 0.05) is 18.2 Å². The molecule has 1 unspecified atom stereocenters. The van der Waals surface area contributed by atoms with Crippen LogP contribution in [0.2, 0.25) is 0 Å². The van der Waals surface area contributed by atoms with Crippen molar-refractivity contribution >= 4 is 11.3 Å². The lowest BCUT2D eigenvalue weighted by Crippen LogP contribution is -2.28. The van der Waals surface area contributed by atoms with Gasteiger partial charge in [-0.3, -0.25) is 0 Å². The van der Waals surface area contributed by atoms with Gasteiger partial charge in [0.25, 0.3) is 0 Å². The van der Waals surface area contributed by atoms with Gasteiger partial charge in [-0.2, -0.15) is 11.3 Å². The van der Waals surface area contributed by atoms with Gasteiger partial charge < -0.3 is 5.32 Å². The maximum Gasteiger partial charge on any atom is 0.129 e. The van der Waals surface area contributed by atoms with Crippen LogP contribution in [0.3, 0.4) is 0 Å². The van der Waals surface area contributed by atoms with Gasteiger partial charge in [-0.15, -0.1) is 0 Å². The first-order chi connectivity index (χ1) is 8.66. The zero-order valence-electron chi connectivity index (χ0n) is 10.1. The molecule has 0 spiro atoms. The fraction of sp³-hybridized carbons (Fsp3) is 0.286. The summed E-state index contributed by atoms with van der Waals surface area (Å²) in [5, 5.41) is 7.33. The zero-order chi connectivity index (χ0) is 13.0. The summed E-state index contributed by atoms with van der Waals surface area (Å²) in [7, 11) is 0. The average molecular weight is 267 g/mol. The van der Waals surface area contributed by atoms with Gasteiger partial charge in [-0.05, 0) is 47.9 Å². The van der Waals surface area contributed by atoms with E-state index in [-0.39, 0.29) is 11.6 Å². The predicted molar refractivity (Wildman–Crippen MR) is 70.7 cm³/mol. The molecule has 1 N–H and O–H groups in total. The van der Waals surface area contributed by atoms with E-state index in [0.29, 0.717) is 6.42 Å². The van der Waals surface area contributed by atoms with Crippen LogP contribution in [0.25, 0.3) is 0 Å². The average Bonchev–Trinajstić information content (AvgIpc) is 2.84. The highest BCUT2D eigenvalue weighted by atomic mass is 32.1. The number of halogens is 2. The van der Waals surface area contributed by atoms with Gasteiger partial charge in [0.15, 0.2) is 0 Å². The van der Waals surface area contributed by atoms with Crippen LogP contribution in [-0.2, 0) is 13.0 Å². The Hall–Kier alpha value is -1.26. The van der Waals surface area contributed by atoms with E-state index in [1.54, 1.807) is 11.3 Å². The van der Waals surface area contributed by atoms with Crippen LogP contribution in [0, 0.1) is 11.6 Å². The van der Waals surface area contributed by atoms with Crippen LogP contribution in [0.1, 0.15) is 18.1 Å². The van der Waals surface area contributed by atoms with Crippen LogP contribution in [0.4, 0.5) is 8.78 Å². The Labute approximate surface area is 109 Å². The van der Waals surface area contributed by atoms with Crippen LogP contribution >= 0.6 is 11.3 Å². The quantitative estimate of drug-likeness (QED) is 0.870. The van der Waals surface area contributed by atoms with Crippen molar-refractivity contribution in [1.82, 2.24) is 5.32 Å². The molecule has 2 aromatic rings. The number of benzene rings is 1. The lowest BCUT2D eigenvalue weighted by Gasteiger charge is -2.14. The van der Waals surface area contributed by atoms with Gasteiger partial charge in [-0.1, -0.05) is 6.07 Å². The summed E-state index contributed by atoms with van der Waals surface area (Å²) in [5.74, 6) is -0.946. The highest BCUT2D eigenvalue weighted by Crippen LogP contribution is 2.14. The summed E-state index contributed by atoms with van der Waals surface area (Å²) < 4.78 is 26.9. The van der Waals surface area contributed by atoms with Crippen LogP contribution in [0.5, 0.6) is 0 Å². The topological polar surface area (TPSA) is 12.0 Å². The second-order valence-electron chi connectivity index (χ2n) is 4.32. The Morgan fingerprint density at radius 1 is 1.22 bits per heavy atom. The molecule has 0 saturated heterocycles. The lowest BCUT2D eigenvalue weighted by molar-refractivity contribution is 0.499. The van der Waals surface area contributed by atoms with Gasteiger partial charge in [0.1, 0.15) is 11.6 Å². The van der Waals surface area contributed by atoms with E-state index in [1.165, 1.54) is 23.8 Å². The monoisotopic (exact) mass is 267 g/mol. The van der Waals surface area contributed by atoms with Gasteiger partial charge in [0.05, 0.1) is 0 Å². The molecule has 1 atom stereocenters. The fourth-order valence-electron chi connectivity index (χ4n) is 1.79. The smallest absolute Gasteiger partial charge is 0.129 e. The number of thiophene rings is 1. The van der Waals surface area contributed by atoms with Gasteiger partial charge >= 0.3 is 0 Å². The van der Waals surface area contributed by atoms with Crippen LogP contribution < -0.4 is 5.32 Å². The Balaban J connectivity index is 1.92. The first-order valence-corrected chi connectivity index (χ1v) is 6.78. The van der Waals surface area contributed by atoms with Crippen molar-refractivity contribution in [2.45, 2.75) is 25.9 Å². The molecule has 1 heterocycles. The molecule has 0 bridgehead atoms. The third-order valence-electron chi connectivity index (χ3n) is 2.81. The molecule has 18 heavy (non-hydrogen) atoms. The molecule has 0 amide bonds. The molecule has 0 saturated carbocycles. The highest BCUT2D eigenvalue weighted by Gasteiger charge is 2.12. The Kier molecular flexibility index (Phi) is 4.44. The third kappa shape index (κ3) is 3.37. The first kappa shape index (κ1) is 13.2. The van der Waals surface area contributed by atoms with Gasteiger partial charge in [-0.25, -0.2) is 8.78 Å². The number of hydrogen-bond acceptors (Lipinski definition) is 2. The summed E-state index contributed by atoms with van der Waals surface area (Å²) in [5.41, 5.74) is 1.35. The van der Waals surface area contributed by atoms with Crippen LogP contribution in [0.15, 0.2) is 35.0 Å². The first-order valence-electron chi connectivity index (χ1n) is 5.84. The molecular weight excluding hydrogens is 252 g/mol. The minimum Gasteiger partial charge on any atom is -0.310 e. The van der Waals surface area contributed by atoms with E-state index in [2.05, 4.69) is 10.7 Å². The summed E-state index contributed by atoms with van der Waals surface area (Å²) in [4.78, 5) is 0. The summed E-state index contributed by atoms with van der Waals surface area (Å²) in [6.45, 7) is 2.65. The molecule has 0 fully saturated rings. The minimum atomic E-state index is -0.473.